The molecule has 1 saturated heterocycles. The molecule has 0 bridgehead atoms. The molecule has 0 spiro atoms. The number of halogens is 1. The van der Waals surface area contributed by atoms with Gasteiger partial charge in [0, 0.05) is 41.7 Å². The van der Waals surface area contributed by atoms with Crippen molar-refractivity contribution >= 4 is 28.5 Å². The van der Waals surface area contributed by atoms with Crippen molar-refractivity contribution in [3.8, 4) is 0 Å². The molecule has 0 aromatic heterocycles. The molecule has 0 unspecified atom stereocenters. The summed E-state index contributed by atoms with van der Waals surface area (Å²) in [5.74, 6) is 0.458. The molecule has 1 aromatic rings. The van der Waals surface area contributed by atoms with Crippen molar-refractivity contribution in [3.63, 3.8) is 0 Å². The van der Waals surface area contributed by atoms with E-state index >= 15 is 0 Å². The maximum Gasteiger partial charge on any atom is 0.288 e. The number of likely N-dealkylation sites (tertiary alicyclic amines) is 1. The van der Waals surface area contributed by atoms with Crippen LogP contribution in [0.25, 0.3) is 0 Å². The molecule has 2 aliphatic heterocycles. The Labute approximate surface area is 174 Å². The minimum atomic E-state index is -0.475. The van der Waals surface area contributed by atoms with Gasteiger partial charge in [-0.15, -0.1) is 0 Å². The number of carbonyl (C=O) groups is 1. The summed E-state index contributed by atoms with van der Waals surface area (Å²) in [6.07, 6.45) is 5.06. The van der Waals surface area contributed by atoms with Crippen molar-refractivity contribution in [2.24, 2.45) is 5.92 Å². The van der Waals surface area contributed by atoms with Crippen LogP contribution in [0.5, 0.6) is 0 Å². The fourth-order valence-electron chi connectivity index (χ4n) is 3.90. The maximum absolute atomic E-state index is 12.9. The van der Waals surface area contributed by atoms with Gasteiger partial charge in [0.15, 0.2) is 5.76 Å². The first-order valence-electron chi connectivity index (χ1n) is 9.79. The highest BCUT2D eigenvalue weighted by atomic mass is 127. The van der Waals surface area contributed by atoms with Crippen molar-refractivity contribution in [2.45, 2.75) is 44.8 Å². The fraction of sp³-hybridized carbons (Fsp3) is 0.571. The second-order valence-corrected chi connectivity index (χ2v) is 8.32. The van der Waals surface area contributed by atoms with Crippen molar-refractivity contribution in [3.05, 3.63) is 45.2 Å². The molecule has 1 amide bonds. The second kappa shape index (κ2) is 9.89. The van der Waals surface area contributed by atoms with Crippen molar-refractivity contribution in [2.75, 3.05) is 26.3 Å². The average Bonchev–Trinajstić information content (AvgIpc) is 3.21. The van der Waals surface area contributed by atoms with Gasteiger partial charge in [0.2, 0.25) is 6.29 Å². The van der Waals surface area contributed by atoms with Gasteiger partial charge in [-0.3, -0.25) is 4.79 Å². The smallest absolute Gasteiger partial charge is 0.288 e. The summed E-state index contributed by atoms with van der Waals surface area (Å²) in [7, 11) is 0. The predicted octanol–water partition coefficient (Wildman–Crippen LogP) is 3.66. The third kappa shape index (κ3) is 5.03. The molecular formula is C21H28INO4. The molecule has 3 atom stereocenters. The number of carbonyl (C=O) groups excluding carboxylic acids is 1. The van der Waals surface area contributed by atoms with Gasteiger partial charge >= 0.3 is 0 Å². The highest BCUT2D eigenvalue weighted by Crippen LogP contribution is 2.40. The van der Waals surface area contributed by atoms with Gasteiger partial charge in [0.1, 0.15) is 0 Å². The zero-order valence-electron chi connectivity index (χ0n) is 15.8. The van der Waals surface area contributed by atoms with E-state index in [0.717, 1.165) is 37.9 Å². The molecule has 5 nitrogen and oxygen atoms in total. The summed E-state index contributed by atoms with van der Waals surface area (Å²) in [5, 5.41) is 9.33. The number of hydrogen-bond acceptors (Lipinski definition) is 4. The van der Waals surface area contributed by atoms with Crippen LogP contribution >= 0.6 is 22.6 Å². The molecule has 0 aliphatic carbocycles. The van der Waals surface area contributed by atoms with E-state index in [2.05, 4.69) is 46.9 Å². The largest absolute Gasteiger partial charge is 0.459 e. The fourth-order valence-corrected chi connectivity index (χ4v) is 4.26. The lowest BCUT2D eigenvalue weighted by Crippen LogP contribution is -2.39. The summed E-state index contributed by atoms with van der Waals surface area (Å²) in [4.78, 5) is 14.8. The molecule has 148 valence electrons. The van der Waals surface area contributed by atoms with Crippen LogP contribution in [0.2, 0.25) is 0 Å². The number of ether oxygens (including phenoxy) is 2. The highest BCUT2D eigenvalue weighted by Gasteiger charge is 2.39. The number of rotatable bonds is 7. The lowest BCUT2D eigenvalue weighted by atomic mass is 9.80. The van der Waals surface area contributed by atoms with E-state index in [0.29, 0.717) is 18.8 Å². The van der Waals surface area contributed by atoms with Crippen LogP contribution in [-0.2, 0) is 14.3 Å². The van der Waals surface area contributed by atoms with Crippen LogP contribution in [0.15, 0.2) is 36.1 Å². The van der Waals surface area contributed by atoms with E-state index in [1.54, 1.807) is 0 Å². The van der Waals surface area contributed by atoms with Gasteiger partial charge in [0.25, 0.3) is 5.91 Å². The summed E-state index contributed by atoms with van der Waals surface area (Å²) in [6.45, 7) is 4.18. The van der Waals surface area contributed by atoms with Crippen LogP contribution in [0, 0.1) is 9.49 Å². The highest BCUT2D eigenvalue weighted by molar-refractivity contribution is 14.1. The Morgan fingerprint density at radius 2 is 2.00 bits per heavy atom. The van der Waals surface area contributed by atoms with Gasteiger partial charge in [-0.1, -0.05) is 12.1 Å². The number of hydrogen-bond donors (Lipinski definition) is 1. The Morgan fingerprint density at radius 3 is 2.63 bits per heavy atom. The van der Waals surface area contributed by atoms with Gasteiger partial charge in [-0.2, -0.15) is 0 Å². The molecule has 0 radical (unpaired) electrons. The first kappa shape index (κ1) is 20.6. The van der Waals surface area contributed by atoms with Crippen LogP contribution < -0.4 is 0 Å². The molecule has 1 aromatic carbocycles. The first-order valence-corrected chi connectivity index (χ1v) is 10.9. The number of aliphatic hydroxyl groups excluding tert-OH is 1. The van der Waals surface area contributed by atoms with Gasteiger partial charge in [0.05, 0.1) is 0 Å². The molecular weight excluding hydrogens is 457 g/mol. The Hall–Kier alpha value is -1.12. The number of nitrogens with zero attached hydrogens (tertiary/aromatic N) is 1. The van der Waals surface area contributed by atoms with Crippen LogP contribution in [-0.4, -0.2) is 48.5 Å². The standard InChI is InChI=1S/C21H28INO4/c1-2-26-21-17(6-5-13-24)18(15-7-9-16(22)10-8-15)14-19(27-21)20(25)23-11-3-4-12-23/h7-10,14,17-18,21,24H,2-6,11-13H2,1H3/t17-,18-,21-/m0/s1. The summed E-state index contributed by atoms with van der Waals surface area (Å²) < 4.78 is 13.1. The van der Waals surface area contributed by atoms with Gasteiger partial charge < -0.3 is 19.5 Å². The van der Waals surface area contributed by atoms with E-state index in [-0.39, 0.29) is 24.3 Å². The minimum absolute atomic E-state index is 0.0282. The minimum Gasteiger partial charge on any atom is -0.459 e. The van der Waals surface area contributed by atoms with E-state index < -0.39 is 6.29 Å². The molecule has 1 fully saturated rings. The monoisotopic (exact) mass is 485 g/mol. The van der Waals surface area contributed by atoms with Crippen LogP contribution in [0.3, 0.4) is 0 Å². The van der Waals surface area contributed by atoms with Crippen molar-refractivity contribution in [1.82, 2.24) is 4.90 Å². The SMILES string of the molecule is CCO[C@H]1OC(C(=O)N2CCCC2)=C[C@@H](c2ccc(I)cc2)[C@@H]1CCCO. The quantitative estimate of drug-likeness (QED) is 0.600. The van der Waals surface area contributed by atoms with Gasteiger partial charge in [-0.25, -0.2) is 0 Å². The summed E-state index contributed by atoms with van der Waals surface area (Å²) in [6, 6.07) is 8.39. The number of benzene rings is 1. The molecule has 2 heterocycles. The normalized spacial score (nSPS) is 25.2. The number of aliphatic hydroxyl groups is 1. The van der Waals surface area contributed by atoms with Crippen LogP contribution in [0.1, 0.15) is 44.1 Å². The van der Waals surface area contributed by atoms with E-state index in [4.69, 9.17) is 9.47 Å². The number of amides is 1. The zero-order chi connectivity index (χ0) is 19.2. The molecule has 1 N–H and O–H groups in total. The van der Waals surface area contributed by atoms with Crippen molar-refractivity contribution < 1.29 is 19.4 Å². The molecule has 0 saturated carbocycles. The van der Waals surface area contributed by atoms with Crippen LogP contribution in [0.4, 0.5) is 0 Å². The Morgan fingerprint density at radius 1 is 1.30 bits per heavy atom. The zero-order valence-corrected chi connectivity index (χ0v) is 17.9. The molecule has 3 rings (SSSR count). The topological polar surface area (TPSA) is 59.0 Å². The molecule has 2 aliphatic rings. The Kier molecular flexibility index (Phi) is 7.55. The third-order valence-electron chi connectivity index (χ3n) is 5.27. The Balaban J connectivity index is 1.93. The van der Waals surface area contributed by atoms with E-state index in [1.807, 2.05) is 17.9 Å². The maximum atomic E-state index is 12.9. The predicted molar refractivity (Wildman–Crippen MR) is 112 cm³/mol. The number of allylic oxidation sites excluding steroid dienone is 1. The van der Waals surface area contributed by atoms with Crippen molar-refractivity contribution in [1.29, 1.82) is 0 Å². The van der Waals surface area contributed by atoms with E-state index in [1.165, 1.54) is 3.57 Å². The second-order valence-electron chi connectivity index (χ2n) is 7.08. The molecule has 27 heavy (non-hydrogen) atoms. The van der Waals surface area contributed by atoms with Gasteiger partial charge in [-0.05, 0) is 79.0 Å². The molecule has 6 heteroatoms. The third-order valence-corrected chi connectivity index (χ3v) is 5.99. The Bertz CT molecular complexity index is 655. The lowest BCUT2D eigenvalue weighted by Gasteiger charge is -2.37. The summed E-state index contributed by atoms with van der Waals surface area (Å²) in [5.41, 5.74) is 1.15. The summed E-state index contributed by atoms with van der Waals surface area (Å²) >= 11 is 2.29. The van der Waals surface area contributed by atoms with E-state index in [9.17, 15) is 9.90 Å². The lowest BCUT2D eigenvalue weighted by molar-refractivity contribution is -0.170. The first-order chi connectivity index (χ1) is 13.1. The average molecular weight is 485 g/mol.